The van der Waals surface area contributed by atoms with Gasteiger partial charge in [-0.25, -0.2) is 23.5 Å². The number of sulfonamides is 1. The standard InChI is InChI=1S/C19H20N6O3S2/c20-15-10-16(21)25-19(24-15)29-17(13-4-2-1-3-5-13)18(26)23-11-12-6-8-14(9-7-12)30(22,27)28/h1-10,17H,11H2,(H,23,26)(H2,22,27,28)(H4,20,21,24,25). The van der Waals surface area contributed by atoms with Crippen LogP contribution in [0.1, 0.15) is 16.4 Å². The number of primary sulfonamides is 1. The molecule has 30 heavy (non-hydrogen) atoms. The van der Waals surface area contributed by atoms with E-state index in [4.69, 9.17) is 16.6 Å². The summed E-state index contributed by atoms with van der Waals surface area (Å²) in [6.07, 6.45) is 0. The van der Waals surface area contributed by atoms with E-state index in [-0.39, 0.29) is 34.1 Å². The van der Waals surface area contributed by atoms with Gasteiger partial charge in [0.2, 0.25) is 15.9 Å². The van der Waals surface area contributed by atoms with Crippen molar-refractivity contribution in [1.82, 2.24) is 15.3 Å². The highest BCUT2D eigenvalue weighted by atomic mass is 32.2. The highest BCUT2D eigenvalue weighted by Crippen LogP contribution is 2.34. The molecule has 0 aliphatic heterocycles. The number of nitrogens with two attached hydrogens (primary N) is 3. The summed E-state index contributed by atoms with van der Waals surface area (Å²) in [6.45, 7) is 0.202. The lowest BCUT2D eigenvalue weighted by atomic mass is 10.1. The van der Waals surface area contributed by atoms with Crippen LogP contribution in [0.5, 0.6) is 0 Å². The van der Waals surface area contributed by atoms with E-state index < -0.39 is 15.3 Å². The number of nitrogens with zero attached hydrogens (tertiary/aromatic N) is 2. The Kier molecular flexibility index (Phi) is 6.55. The molecule has 0 aliphatic rings. The third-order valence-electron chi connectivity index (χ3n) is 4.03. The Morgan fingerprint density at radius 2 is 1.60 bits per heavy atom. The quantitative estimate of drug-likeness (QED) is 0.313. The lowest BCUT2D eigenvalue weighted by Crippen LogP contribution is -2.27. The number of rotatable bonds is 7. The summed E-state index contributed by atoms with van der Waals surface area (Å²) in [6, 6.07) is 16.6. The molecule has 7 N–H and O–H groups in total. The van der Waals surface area contributed by atoms with Crippen LogP contribution in [-0.4, -0.2) is 24.3 Å². The number of aromatic nitrogens is 2. The fourth-order valence-electron chi connectivity index (χ4n) is 2.60. The Balaban J connectivity index is 1.77. The molecular weight excluding hydrogens is 424 g/mol. The largest absolute Gasteiger partial charge is 0.383 e. The Hall–Kier alpha value is -3.15. The number of hydrogen-bond acceptors (Lipinski definition) is 8. The minimum absolute atomic E-state index is 0.00620. The molecule has 1 heterocycles. The lowest BCUT2D eigenvalue weighted by Gasteiger charge is -2.16. The van der Waals surface area contributed by atoms with Crippen molar-refractivity contribution in [2.75, 3.05) is 11.5 Å². The average Bonchev–Trinajstić information content (AvgIpc) is 2.70. The zero-order valence-corrected chi connectivity index (χ0v) is 17.4. The van der Waals surface area contributed by atoms with Crippen LogP contribution in [0.15, 0.2) is 70.7 Å². The summed E-state index contributed by atoms with van der Waals surface area (Å²) in [5.74, 6) is 0.158. The van der Waals surface area contributed by atoms with Crippen molar-refractivity contribution in [3.8, 4) is 0 Å². The molecule has 0 bridgehead atoms. The minimum atomic E-state index is -3.77. The van der Waals surface area contributed by atoms with Crippen LogP contribution in [0.2, 0.25) is 0 Å². The number of amides is 1. The predicted molar refractivity (Wildman–Crippen MR) is 116 cm³/mol. The first-order chi connectivity index (χ1) is 14.2. The molecule has 2 aromatic carbocycles. The first kappa shape index (κ1) is 21.6. The zero-order valence-electron chi connectivity index (χ0n) is 15.7. The number of benzene rings is 2. The maximum atomic E-state index is 13.0. The van der Waals surface area contributed by atoms with E-state index in [2.05, 4.69) is 15.3 Å². The second-order valence-corrected chi connectivity index (χ2v) is 8.95. The van der Waals surface area contributed by atoms with Crippen LogP contribution < -0.4 is 21.9 Å². The fourth-order valence-corrected chi connectivity index (χ4v) is 4.13. The molecule has 0 radical (unpaired) electrons. The zero-order chi connectivity index (χ0) is 21.7. The topological polar surface area (TPSA) is 167 Å². The van der Waals surface area contributed by atoms with Crippen LogP contribution >= 0.6 is 11.8 Å². The van der Waals surface area contributed by atoms with Crippen LogP contribution in [0.3, 0.4) is 0 Å². The number of carbonyl (C=O) groups excluding carboxylic acids is 1. The smallest absolute Gasteiger partial charge is 0.238 e. The predicted octanol–water partition coefficient (Wildman–Crippen LogP) is 1.44. The van der Waals surface area contributed by atoms with Gasteiger partial charge in [-0.3, -0.25) is 4.79 Å². The lowest BCUT2D eigenvalue weighted by molar-refractivity contribution is -0.120. The van der Waals surface area contributed by atoms with E-state index in [0.29, 0.717) is 0 Å². The molecule has 1 atom stereocenters. The number of thioether (sulfide) groups is 1. The van der Waals surface area contributed by atoms with Gasteiger partial charge in [-0.05, 0) is 23.3 Å². The van der Waals surface area contributed by atoms with Gasteiger partial charge in [-0.15, -0.1) is 0 Å². The number of nitrogens with one attached hydrogen (secondary N) is 1. The number of nitrogen functional groups attached to an aromatic ring is 2. The number of hydrogen-bond donors (Lipinski definition) is 4. The molecule has 9 nitrogen and oxygen atoms in total. The minimum Gasteiger partial charge on any atom is -0.383 e. The van der Waals surface area contributed by atoms with Gasteiger partial charge in [0.05, 0.1) is 4.90 Å². The average molecular weight is 445 g/mol. The van der Waals surface area contributed by atoms with Crippen molar-refractivity contribution in [2.24, 2.45) is 5.14 Å². The van der Waals surface area contributed by atoms with E-state index in [9.17, 15) is 13.2 Å². The first-order valence-corrected chi connectivity index (χ1v) is 11.2. The van der Waals surface area contributed by atoms with Gasteiger partial charge in [-0.1, -0.05) is 54.2 Å². The molecule has 156 valence electrons. The van der Waals surface area contributed by atoms with Crippen LogP contribution in [0, 0.1) is 0 Å². The van der Waals surface area contributed by atoms with Gasteiger partial charge < -0.3 is 16.8 Å². The molecule has 0 saturated heterocycles. The third-order valence-corrected chi connectivity index (χ3v) is 6.07. The molecule has 0 spiro atoms. The van der Waals surface area contributed by atoms with E-state index in [1.165, 1.54) is 18.2 Å². The second kappa shape index (κ2) is 9.11. The highest BCUT2D eigenvalue weighted by Gasteiger charge is 2.23. The Labute approximate surface area is 178 Å². The Morgan fingerprint density at radius 1 is 1.00 bits per heavy atom. The van der Waals surface area contributed by atoms with Crippen molar-refractivity contribution in [2.45, 2.75) is 21.8 Å². The number of anilines is 2. The Morgan fingerprint density at radius 3 is 2.17 bits per heavy atom. The van der Waals surface area contributed by atoms with Crippen molar-refractivity contribution in [3.05, 3.63) is 71.8 Å². The van der Waals surface area contributed by atoms with Gasteiger partial charge in [0.25, 0.3) is 0 Å². The van der Waals surface area contributed by atoms with Gasteiger partial charge in [-0.2, -0.15) is 0 Å². The summed E-state index contributed by atoms with van der Waals surface area (Å²) < 4.78 is 22.7. The molecule has 3 aromatic rings. The summed E-state index contributed by atoms with van der Waals surface area (Å²) >= 11 is 1.13. The first-order valence-electron chi connectivity index (χ1n) is 8.73. The number of carbonyl (C=O) groups is 1. The van der Waals surface area contributed by atoms with Crippen LogP contribution in [0.25, 0.3) is 0 Å². The third kappa shape index (κ3) is 5.69. The molecule has 1 amide bonds. The van der Waals surface area contributed by atoms with Crippen molar-refractivity contribution in [1.29, 1.82) is 0 Å². The van der Waals surface area contributed by atoms with Gasteiger partial charge in [0, 0.05) is 12.6 Å². The second-order valence-electron chi connectivity index (χ2n) is 6.32. The van der Waals surface area contributed by atoms with Crippen LogP contribution in [-0.2, 0) is 21.4 Å². The molecule has 0 saturated carbocycles. The van der Waals surface area contributed by atoms with E-state index >= 15 is 0 Å². The molecule has 3 rings (SSSR count). The maximum absolute atomic E-state index is 13.0. The van der Waals surface area contributed by atoms with E-state index in [1.807, 2.05) is 30.3 Å². The van der Waals surface area contributed by atoms with Crippen molar-refractivity contribution in [3.63, 3.8) is 0 Å². The summed E-state index contributed by atoms with van der Waals surface area (Å²) in [7, 11) is -3.77. The van der Waals surface area contributed by atoms with E-state index in [1.54, 1.807) is 12.1 Å². The van der Waals surface area contributed by atoms with Gasteiger partial charge in [0.15, 0.2) is 5.16 Å². The highest BCUT2D eigenvalue weighted by molar-refractivity contribution is 8.00. The monoisotopic (exact) mass is 444 g/mol. The van der Waals surface area contributed by atoms with Gasteiger partial charge in [0.1, 0.15) is 16.9 Å². The summed E-state index contributed by atoms with van der Waals surface area (Å²) in [4.78, 5) is 21.2. The normalized spacial score (nSPS) is 12.3. The summed E-state index contributed by atoms with van der Waals surface area (Å²) in [5.41, 5.74) is 12.9. The fraction of sp³-hybridized carbons (Fsp3) is 0.105. The molecule has 0 fully saturated rings. The Bertz CT molecular complexity index is 1120. The maximum Gasteiger partial charge on any atom is 0.238 e. The van der Waals surface area contributed by atoms with Crippen LogP contribution in [0.4, 0.5) is 11.6 Å². The molecule has 0 aliphatic carbocycles. The molecule has 11 heteroatoms. The SMILES string of the molecule is Nc1cc(N)nc(SC(C(=O)NCc2ccc(S(N)(=O)=O)cc2)c2ccccc2)n1. The molecule has 1 unspecified atom stereocenters. The summed E-state index contributed by atoms with van der Waals surface area (Å²) in [5, 5.41) is 7.59. The van der Waals surface area contributed by atoms with Crippen molar-refractivity contribution < 1.29 is 13.2 Å². The van der Waals surface area contributed by atoms with Gasteiger partial charge >= 0.3 is 0 Å². The molecule has 1 aromatic heterocycles. The molecular formula is C19H20N6O3S2. The van der Waals surface area contributed by atoms with E-state index in [0.717, 1.165) is 22.9 Å². The van der Waals surface area contributed by atoms with Crippen molar-refractivity contribution >= 4 is 39.3 Å².